The van der Waals surface area contributed by atoms with Gasteiger partial charge in [0.25, 0.3) is 10.0 Å². The fourth-order valence-electron chi connectivity index (χ4n) is 4.80. The van der Waals surface area contributed by atoms with Crippen LogP contribution < -0.4 is 14.5 Å². The number of rotatable bonds is 9. The molecule has 202 valence electrons. The van der Waals surface area contributed by atoms with Crippen molar-refractivity contribution in [2.24, 2.45) is 0 Å². The van der Waals surface area contributed by atoms with Crippen LogP contribution in [-0.4, -0.2) is 34.0 Å². The minimum Gasteiger partial charge on any atom is -0.372 e. The van der Waals surface area contributed by atoms with E-state index in [9.17, 15) is 13.2 Å². The highest BCUT2D eigenvalue weighted by molar-refractivity contribution is 7.92. The number of amides is 1. The maximum Gasteiger partial charge on any atom is 0.264 e. The van der Waals surface area contributed by atoms with Gasteiger partial charge in [-0.15, -0.1) is 0 Å². The van der Waals surface area contributed by atoms with Gasteiger partial charge in [0.05, 0.1) is 16.6 Å². The molecule has 1 fully saturated rings. The number of anilines is 2. The lowest BCUT2D eigenvalue weighted by atomic mass is 10.0. The van der Waals surface area contributed by atoms with Crippen LogP contribution in [0.4, 0.5) is 11.4 Å². The predicted octanol–water partition coefficient (Wildman–Crippen LogP) is 6.18. The molecular formula is C31H39N3O3S. The fourth-order valence-corrected chi connectivity index (χ4v) is 6.23. The van der Waals surface area contributed by atoms with Crippen molar-refractivity contribution in [1.82, 2.24) is 5.32 Å². The van der Waals surface area contributed by atoms with E-state index >= 15 is 0 Å². The van der Waals surface area contributed by atoms with Gasteiger partial charge in [0.2, 0.25) is 5.91 Å². The van der Waals surface area contributed by atoms with Gasteiger partial charge in [0, 0.05) is 18.8 Å². The van der Waals surface area contributed by atoms with E-state index in [4.69, 9.17) is 0 Å². The number of benzene rings is 3. The lowest BCUT2D eigenvalue weighted by Gasteiger charge is -2.29. The van der Waals surface area contributed by atoms with E-state index in [0.29, 0.717) is 11.6 Å². The van der Waals surface area contributed by atoms with Crippen molar-refractivity contribution in [2.75, 3.05) is 28.8 Å². The summed E-state index contributed by atoms with van der Waals surface area (Å²) >= 11 is 0. The Labute approximate surface area is 227 Å². The Morgan fingerprint density at radius 1 is 0.842 bits per heavy atom. The maximum atomic E-state index is 13.7. The van der Waals surface area contributed by atoms with Gasteiger partial charge in [-0.05, 0) is 86.6 Å². The average Bonchev–Trinajstić information content (AvgIpc) is 2.92. The predicted molar refractivity (Wildman–Crippen MR) is 155 cm³/mol. The Hall–Kier alpha value is -3.32. The summed E-state index contributed by atoms with van der Waals surface area (Å²) in [6, 6.07) is 22.1. The van der Waals surface area contributed by atoms with Crippen LogP contribution in [0.2, 0.25) is 0 Å². The van der Waals surface area contributed by atoms with Crippen molar-refractivity contribution in [3.8, 4) is 0 Å². The van der Waals surface area contributed by atoms with Gasteiger partial charge in [0.1, 0.15) is 6.54 Å². The monoisotopic (exact) mass is 533 g/mol. The molecule has 1 saturated heterocycles. The molecule has 6 nitrogen and oxygen atoms in total. The third-order valence-corrected chi connectivity index (χ3v) is 9.02. The molecule has 0 spiro atoms. The van der Waals surface area contributed by atoms with Crippen molar-refractivity contribution < 1.29 is 13.2 Å². The molecule has 0 bridgehead atoms. The van der Waals surface area contributed by atoms with Crippen molar-refractivity contribution in [3.05, 3.63) is 89.5 Å². The van der Waals surface area contributed by atoms with Gasteiger partial charge < -0.3 is 10.2 Å². The average molecular weight is 534 g/mol. The van der Waals surface area contributed by atoms with E-state index in [-0.39, 0.29) is 23.4 Å². The molecule has 4 rings (SSSR count). The Morgan fingerprint density at radius 2 is 1.42 bits per heavy atom. The smallest absolute Gasteiger partial charge is 0.264 e. The zero-order valence-electron chi connectivity index (χ0n) is 22.9. The summed E-state index contributed by atoms with van der Waals surface area (Å²) in [4.78, 5) is 15.8. The van der Waals surface area contributed by atoms with Crippen molar-refractivity contribution in [2.45, 2.75) is 63.8 Å². The number of nitrogens with zero attached hydrogens (tertiary/aromatic N) is 2. The molecule has 1 aliphatic heterocycles. The summed E-state index contributed by atoms with van der Waals surface area (Å²) in [5.74, 6) is -0.0436. The third-order valence-electron chi connectivity index (χ3n) is 7.24. The Bertz CT molecular complexity index is 1310. The van der Waals surface area contributed by atoms with E-state index in [2.05, 4.69) is 36.2 Å². The molecule has 1 N–H and O–H groups in total. The first-order valence-corrected chi connectivity index (χ1v) is 14.9. The number of nitrogens with one attached hydrogen (secondary N) is 1. The van der Waals surface area contributed by atoms with E-state index in [1.165, 1.54) is 29.3 Å². The van der Waals surface area contributed by atoms with Crippen LogP contribution in [0.3, 0.4) is 0 Å². The second-order valence-electron chi connectivity index (χ2n) is 10.5. The second kappa shape index (κ2) is 12.0. The fraction of sp³-hybridized carbons (Fsp3) is 0.387. The summed E-state index contributed by atoms with van der Waals surface area (Å²) in [7, 11) is -3.95. The van der Waals surface area contributed by atoms with Gasteiger partial charge >= 0.3 is 0 Å². The highest BCUT2D eigenvalue weighted by atomic mass is 32.2. The first kappa shape index (κ1) is 27.7. The van der Waals surface area contributed by atoms with E-state index in [1.54, 1.807) is 36.4 Å². The first-order chi connectivity index (χ1) is 18.1. The first-order valence-electron chi connectivity index (χ1n) is 13.5. The van der Waals surface area contributed by atoms with E-state index < -0.39 is 10.0 Å². The van der Waals surface area contributed by atoms with Gasteiger partial charge in [-0.25, -0.2) is 8.42 Å². The van der Waals surface area contributed by atoms with E-state index in [0.717, 1.165) is 29.8 Å². The number of carbonyl (C=O) groups is 1. The number of aryl methyl sites for hydroxylation is 1. The van der Waals surface area contributed by atoms with E-state index in [1.807, 2.05) is 38.1 Å². The van der Waals surface area contributed by atoms with Gasteiger partial charge in [-0.3, -0.25) is 9.10 Å². The largest absolute Gasteiger partial charge is 0.372 e. The highest BCUT2D eigenvalue weighted by Crippen LogP contribution is 2.27. The molecular weight excluding hydrogens is 494 g/mol. The number of hydrogen-bond acceptors (Lipinski definition) is 4. The summed E-state index contributed by atoms with van der Waals surface area (Å²) in [6.07, 6.45) is 3.73. The molecule has 3 aromatic carbocycles. The molecule has 0 radical (unpaired) electrons. The molecule has 1 heterocycles. The molecule has 1 amide bonds. The normalized spacial score (nSPS) is 14.8. The van der Waals surface area contributed by atoms with Crippen molar-refractivity contribution in [1.29, 1.82) is 0 Å². The van der Waals surface area contributed by atoms with Gasteiger partial charge in [-0.1, -0.05) is 55.8 Å². The van der Waals surface area contributed by atoms with Gasteiger partial charge in [-0.2, -0.15) is 0 Å². The standard InChI is InChI=1S/C31H39N3O3S/c1-23(2)26-10-16-29(17-11-26)34(38(36,37)30-18-8-24(3)9-19-30)22-31(35)32-25(4)27-12-14-28(15-13-27)33-20-6-5-7-21-33/h8-19,23,25H,5-7,20-22H2,1-4H3,(H,32,35). The Morgan fingerprint density at radius 3 is 2.00 bits per heavy atom. The summed E-state index contributed by atoms with van der Waals surface area (Å²) in [5, 5.41) is 3.00. The zero-order valence-corrected chi connectivity index (χ0v) is 23.7. The SMILES string of the molecule is Cc1ccc(S(=O)(=O)N(CC(=O)NC(C)c2ccc(N3CCCCC3)cc2)c2ccc(C(C)C)cc2)cc1. The number of hydrogen-bond donors (Lipinski definition) is 1. The molecule has 7 heteroatoms. The molecule has 1 atom stereocenters. The number of sulfonamides is 1. The molecule has 1 aliphatic rings. The summed E-state index contributed by atoms with van der Waals surface area (Å²) in [6.45, 7) is 9.85. The molecule has 0 saturated carbocycles. The molecule has 38 heavy (non-hydrogen) atoms. The molecule has 0 aliphatic carbocycles. The molecule has 3 aromatic rings. The Balaban J connectivity index is 1.52. The quantitative estimate of drug-likeness (QED) is 0.357. The van der Waals surface area contributed by atoms with Crippen molar-refractivity contribution >= 4 is 27.3 Å². The van der Waals surface area contributed by atoms with Crippen LogP contribution in [0.5, 0.6) is 0 Å². The molecule has 1 unspecified atom stereocenters. The van der Waals surface area contributed by atoms with Crippen LogP contribution in [0, 0.1) is 6.92 Å². The van der Waals surface area contributed by atoms with Gasteiger partial charge in [0.15, 0.2) is 0 Å². The highest BCUT2D eigenvalue weighted by Gasteiger charge is 2.28. The second-order valence-corrected chi connectivity index (χ2v) is 12.4. The summed E-state index contributed by atoms with van der Waals surface area (Å²) < 4.78 is 28.6. The zero-order chi connectivity index (χ0) is 27.3. The van der Waals surface area contributed by atoms with Crippen LogP contribution in [0.15, 0.2) is 77.7 Å². The summed E-state index contributed by atoms with van der Waals surface area (Å²) in [5.41, 5.74) is 4.71. The van der Waals surface area contributed by atoms with Crippen LogP contribution in [0.25, 0.3) is 0 Å². The maximum absolute atomic E-state index is 13.7. The van der Waals surface area contributed by atoms with Crippen LogP contribution in [-0.2, 0) is 14.8 Å². The Kier molecular flexibility index (Phi) is 8.77. The number of piperidine rings is 1. The van der Waals surface area contributed by atoms with Crippen LogP contribution in [0.1, 0.15) is 68.7 Å². The minimum atomic E-state index is -3.95. The number of carbonyl (C=O) groups excluding carboxylic acids is 1. The lowest BCUT2D eigenvalue weighted by Crippen LogP contribution is -2.41. The molecule has 0 aromatic heterocycles. The van der Waals surface area contributed by atoms with Crippen molar-refractivity contribution in [3.63, 3.8) is 0 Å². The third kappa shape index (κ3) is 6.57. The van der Waals surface area contributed by atoms with Crippen LogP contribution >= 0.6 is 0 Å². The minimum absolute atomic E-state index is 0.158. The topological polar surface area (TPSA) is 69.7 Å². The lowest BCUT2D eigenvalue weighted by molar-refractivity contribution is -0.120.